The third kappa shape index (κ3) is 5.22. The van der Waals surface area contributed by atoms with Crippen molar-refractivity contribution >= 4 is 11.8 Å². The van der Waals surface area contributed by atoms with Crippen LogP contribution in [-0.4, -0.2) is 37.9 Å². The molecule has 1 spiro atoms. The number of carbonyl (C=O) groups is 2. The topological polar surface area (TPSA) is 71.1 Å². The fourth-order valence-electron chi connectivity index (χ4n) is 6.72. The first-order valence-corrected chi connectivity index (χ1v) is 13.8. The number of unbranched alkanes of at least 4 members (excludes halogenated alkanes) is 1. The first-order valence-electron chi connectivity index (χ1n) is 13.8. The highest BCUT2D eigenvalue weighted by molar-refractivity contribution is 5.99. The third-order valence-corrected chi connectivity index (χ3v) is 8.57. The summed E-state index contributed by atoms with van der Waals surface area (Å²) in [5.41, 5.74) is 2.44. The van der Waals surface area contributed by atoms with E-state index in [1.165, 1.54) is 7.11 Å². The van der Waals surface area contributed by atoms with Gasteiger partial charge in [-0.1, -0.05) is 79.6 Å². The van der Waals surface area contributed by atoms with E-state index in [1.807, 2.05) is 66.7 Å². The molecule has 2 aromatic rings. The van der Waals surface area contributed by atoms with Gasteiger partial charge in [-0.25, -0.2) is 4.79 Å². The molecular weight excluding hydrogens is 480 g/mol. The summed E-state index contributed by atoms with van der Waals surface area (Å²) >= 11 is 0. The van der Waals surface area contributed by atoms with Crippen molar-refractivity contribution in [1.29, 1.82) is 0 Å². The van der Waals surface area contributed by atoms with Crippen LogP contribution in [0, 0.1) is 17.3 Å². The van der Waals surface area contributed by atoms with Gasteiger partial charge in [-0.15, -0.1) is 0 Å². The molecule has 2 aromatic carbocycles. The maximum Gasteiger partial charge on any atom is 0.367 e. The van der Waals surface area contributed by atoms with Crippen molar-refractivity contribution in [1.82, 2.24) is 0 Å². The third-order valence-electron chi connectivity index (χ3n) is 8.57. The van der Waals surface area contributed by atoms with Crippen molar-refractivity contribution in [2.75, 3.05) is 20.3 Å². The first-order chi connectivity index (χ1) is 18.6. The number of Topliss-reactive ketones (excluding diaryl/α,β-unsaturated/α-hetero) is 1. The number of hydrogen-bond acceptors (Lipinski definition) is 6. The van der Waals surface area contributed by atoms with Crippen LogP contribution in [0.1, 0.15) is 56.1 Å². The van der Waals surface area contributed by atoms with E-state index in [-0.39, 0.29) is 23.7 Å². The van der Waals surface area contributed by atoms with Gasteiger partial charge in [0.1, 0.15) is 0 Å². The Hall–Kier alpha value is -2.80. The molecule has 3 fully saturated rings. The Kier molecular flexibility index (Phi) is 8.42. The summed E-state index contributed by atoms with van der Waals surface area (Å²) in [5, 5.41) is 0. The summed E-state index contributed by atoms with van der Waals surface area (Å²) < 4.78 is 23.9. The minimum absolute atomic E-state index is 0.102. The van der Waals surface area contributed by atoms with Crippen LogP contribution < -0.4 is 0 Å². The van der Waals surface area contributed by atoms with Gasteiger partial charge in [0, 0.05) is 24.0 Å². The van der Waals surface area contributed by atoms with Gasteiger partial charge < -0.3 is 18.9 Å². The van der Waals surface area contributed by atoms with Crippen LogP contribution >= 0.6 is 0 Å². The van der Waals surface area contributed by atoms with Gasteiger partial charge >= 0.3 is 5.97 Å². The molecule has 0 radical (unpaired) electrons. The van der Waals surface area contributed by atoms with E-state index in [0.29, 0.717) is 38.2 Å². The Morgan fingerprint density at radius 2 is 1.74 bits per heavy atom. The average molecular weight is 519 g/mol. The largest absolute Gasteiger partial charge is 0.465 e. The van der Waals surface area contributed by atoms with E-state index in [0.717, 1.165) is 43.2 Å². The molecule has 0 amide bonds. The quantitative estimate of drug-likeness (QED) is 0.225. The van der Waals surface area contributed by atoms with E-state index >= 15 is 0 Å². The molecule has 1 heterocycles. The second-order valence-corrected chi connectivity index (χ2v) is 10.8. The lowest BCUT2D eigenvalue weighted by Crippen LogP contribution is -2.56. The molecule has 1 aliphatic heterocycles. The minimum Gasteiger partial charge on any atom is -0.465 e. The highest BCUT2D eigenvalue weighted by Gasteiger charge is 2.70. The lowest BCUT2D eigenvalue weighted by molar-refractivity contribution is -0.245. The number of allylic oxidation sites excluding steroid dienone is 1. The van der Waals surface area contributed by atoms with Crippen molar-refractivity contribution in [3.05, 3.63) is 83.4 Å². The van der Waals surface area contributed by atoms with Crippen molar-refractivity contribution in [2.45, 2.75) is 63.9 Å². The fourth-order valence-corrected chi connectivity index (χ4v) is 6.72. The number of ether oxygens (including phenoxy) is 4. The van der Waals surface area contributed by atoms with Crippen LogP contribution in [0.2, 0.25) is 0 Å². The summed E-state index contributed by atoms with van der Waals surface area (Å²) in [6.07, 6.45) is 8.03. The SMILES string of the molecule is COC(=O)[C@@]1(OCc2ccccc2)OC[C@]23CCCC[C@@H]2CC(=O)/C(=C\CCCOCc2ccccc2)[C@H]13. The molecular formula is C32H38O6. The number of rotatable bonds is 10. The smallest absolute Gasteiger partial charge is 0.367 e. The molecule has 6 nitrogen and oxygen atoms in total. The zero-order valence-corrected chi connectivity index (χ0v) is 22.2. The van der Waals surface area contributed by atoms with E-state index in [9.17, 15) is 9.59 Å². The molecule has 0 unspecified atom stereocenters. The fraction of sp³-hybridized carbons (Fsp3) is 0.500. The lowest BCUT2D eigenvalue weighted by atomic mass is 9.52. The second-order valence-electron chi connectivity index (χ2n) is 10.8. The molecule has 2 saturated carbocycles. The predicted molar refractivity (Wildman–Crippen MR) is 143 cm³/mol. The Labute approximate surface area is 225 Å². The van der Waals surface area contributed by atoms with Gasteiger partial charge in [-0.3, -0.25) is 4.79 Å². The maximum atomic E-state index is 13.6. The number of hydrogen-bond donors (Lipinski definition) is 0. The highest BCUT2D eigenvalue weighted by atomic mass is 16.7. The molecule has 38 heavy (non-hydrogen) atoms. The summed E-state index contributed by atoms with van der Waals surface area (Å²) in [6, 6.07) is 19.8. The molecule has 0 bridgehead atoms. The number of ketones is 1. The normalized spacial score (nSPS) is 29.6. The highest BCUT2D eigenvalue weighted by Crippen LogP contribution is 2.63. The van der Waals surface area contributed by atoms with Gasteiger partial charge in [0.2, 0.25) is 0 Å². The Bertz CT molecular complexity index is 1130. The Morgan fingerprint density at radius 1 is 1.03 bits per heavy atom. The van der Waals surface area contributed by atoms with Crippen molar-refractivity contribution < 1.29 is 28.5 Å². The predicted octanol–water partition coefficient (Wildman–Crippen LogP) is 5.79. The average Bonchev–Trinajstić information content (AvgIpc) is 3.29. The lowest BCUT2D eigenvalue weighted by Gasteiger charge is -2.50. The van der Waals surface area contributed by atoms with E-state index < -0.39 is 17.7 Å². The second kappa shape index (κ2) is 11.9. The summed E-state index contributed by atoms with van der Waals surface area (Å²) in [7, 11) is 1.36. The van der Waals surface area contributed by atoms with E-state index in [4.69, 9.17) is 18.9 Å². The first kappa shape index (κ1) is 26.8. The Balaban J connectivity index is 1.38. The van der Waals surface area contributed by atoms with Crippen LogP contribution in [0.25, 0.3) is 0 Å². The summed E-state index contributed by atoms with van der Waals surface area (Å²) in [6.45, 7) is 1.75. The Morgan fingerprint density at radius 3 is 2.45 bits per heavy atom. The minimum atomic E-state index is -1.63. The van der Waals surface area contributed by atoms with Crippen LogP contribution in [0.4, 0.5) is 0 Å². The molecule has 0 aromatic heterocycles. The standard InChI is InChI=1S/C32H38O6/c1-35-30(34)32(37-22-25-14-6-3-7-15-25)29-27(17-9-11-19-36-21-24-12-4-2-5-13-24)28(33)20-26-16-8-10-18-31(26,29)23-38-32/h2-7,12-15,17,26,29H,8-11,16,18-23H2,1H3/b27-17+/t26-,29+,31-,32+/m1/s1. The van der Waals surface area contributed by atoms with Crippen LogP contribution in [0.15, 0.2) is 72.3 Å². The van der Waals surface area contributed by atoms with Crippen molar-refractivity contribution in [3.8, 4) is 0 Å². The molecule has 5 rings (SSSR count). The number of methoxy groups -OCH3 is 1. The maximum absolute atomic E-state index is 13.6. The van der Waals surface area contributed by atoms with Gasteiger partial charge in [0.15, 0.2) is 5.78 Å². The summed E-state index contributed by atoms with van der Waals surface area (Å²) in [4.78, 5) is 27.1. The number of carbonyl (C=O) groups excluding carboxylic acids is 2. The van der Waals surface area contributed by atoms with E-state index in [2.05, 4.69) is 0 Å². The van der Waals surface area contributed by atoms with Gasteiger partial charge in [-0.2, -0.15) is 0 Å². The molecule has 3 aliphatic rings. The van der Waals surface area contributed by atoms with Gasteiger partial charge in [-0.05, 0) is 42.7 Å². The molecule has 0 N–H and O–H groups in total. The molecule has 4 atom stereocenters. The van der Waals surface area contributed by atoms with Gasteiger partial charge in [0.05, 0.1) is 32.8 Å². The van der Waals surface area contributed by atoms with Crippen LogP contribution in [0.5, 0.6) is 0 Å². The molecule has 202 valence electrons. The monoisotopic (exact) mass is 518 g/mol. The van der Waals surface area contributed by atoms with Crippen LogP contribution in [0.3, 0.4) is 0 Å². The van der Waals surface area contributed by atoms with Gasteiger partial charge in [0.25, 0.3) is 5.79 Å². The summed E-state index contributed by atoms with van der Waals surface area (Å²) in [5.74, 6) is -2.39. The molecule has 6 heteroatoms. The number of esters is 1. The van der Waals surface area contributed by atoms with Crippen molar-refractivity contribution in [2.24, 2.45) is 17.3 Å². The molecule has 1 saturated heterocycles. The number of benzene rings is 2. The zero-order chi connectivity index (χ0) is 26.4. The van der Waals surface area contributed by atoms with E-state index in [1.54, 1.807) is 0 Å². The van der Waals surface area contributed by atoms with Crippen LogP contribution in [-0.2, 0) is 41.8 Å². The van der Waals surface area contributed by atoms with Crippen molar-refractivity contribution in [3.63, 3.8) is 0 Å². The molecule has 2 aliphatic carbocycles. The zero-order valence-electron chi connectivity index (χ0n) is 22.2.